The first-order valence-electron chi connectivity index (χ1n) is 6.46. The highest BCUT2D eigenvalue weighted by molar-refractivity contribution is 4.98. The fourth-order valence-electron chi connectivity index (χ4n) is 3.38. The van der Waals surface area contributed by atoms with Crippen LogP contribution in [-0.4, -0.2) is 6.04 Å². The Kier molecular flexibility index (Phi) is 3.16. The third kappa shape index (κ3) is 2.31. The first-order chi connectivity index (χ1) is 6.70. The molecule has 14 heavy (non-hydrogen) atoms. The summed E-state index contributed by atoms with van der Waals surface area (Å²) in [6.07, 6.45) is 8.35. The Morgan fingerprint density at radius 3 is 2.43 bits per heavy atom. The lowest BCUT2D eigenvalue weighted by Crippen LogP contribution is -2.31. The minimum atomic E-state index is 0.504. The zero-order valence-electron chi connectivity index (χ0n) is 9.71. The standard InChI is InChI=1S/C13H25N/c1-3-4-9(2)5-13(14)12-7-10-6-11(10)8-12/h9-13H,3-8,14H2,1-2H3. The predicted octanol–water partition coefficient (Wildman–Crippen LogP) is 3.19. The van der Waals surface area contributed by atoms with E-state index in [2.05, 4.69) is 13.8 Å². The van der Waals surface area contributed by atoms with Gasteiger partial charge in [0.25, 0.3) is 0 Å². The Morgan fingerprint density at radius 1 is 1.21 bits per heavy atom. The smallest absolute Gasteiger partial charge is 0.00699 e. The molecule has 2 rings (SSSR count). The molecule has 1 heteroatoms. The topological polar surface area (TPSA) is 26.0 Å². The number of fused-ring (bicyclic) bond motifs is 1. The van der Waals surface area contributed by atoms with Gasteiger partial charge in [-0.15, -0.1) is 0 Å². The monoisotopic (exact) mass is 195 g/mol. The van der Waals surface area contributed by atoms with E-state index in [4.69, 9.17) is 5.73 Å². The van der Waals surface area contributed by atoms with Crippen molar-refractivity contribution in [1.82, 2.24) is 0 Å². The minimum absolute atomic E-state index is 0.504. The maximum atomic E-state index is 6.29. The van der Waals surface area contributed by atoms with Gasteiger partial charge in [0.05, 0.1) is 0 Å². The van der Waals surface area contributed by atoms with E-state index in [0.29, 0.717) is 6.04 Å². The van der Waals surface area contributed by atoms with E-state index >= 15 is 0 Å². The Labute approximate surface area is 88.4 Å². The largest absolute Gasteiger partial charge is 0.327 e. The second-order valence-corrected chi connectivity index (χ2v) is 5.78. The molecule has 0 aromatic rings. The van der Waals surface area contributed by atoms with E-state index in [-0.39, 0.29) is 0 Å². The van der Waals surface area contributed by atoms with Gasteiger partial charge in [0.2, 0.25) is 0 Å². The molecule has 82 valence electrons. The van der Waals surface area contributed by atoms with Crippen molar-refractivity contribution in [3.8, 4) is 0 Å². The van der Waals surface area contributed by atoms with Crippen LogP contribution in [0.5, 0.6) is 0 Å². The van der Waals surface area contributed by atoms with Crippen LogP contribution in [0.3, 0.4) is 0 Å². The molecule has 4 unspecified atom stereocenters. The molecule has 0 aliphatic heterocycles. The van der Waals surface area contributed by atoms with Gasteiger partial charge in [-0.3, -0.25) is 0 Å². The maximum Gasteiger partial charge on any atom is 0.00699 e. The fraction of sp³-hybridized carbons (Fsp3) is 1.00. The summed E-state index contributed by atoms with van der Waals surface area (Å²) in [6, 6.07) is 0.504. The Hall–Kier alpha value is -0.0400. The highest BCUT2D eigenvalue weighted by Gasteiger charge is 2.47. The Bertz CT molecular complexity index is 180. The van der Waals surface area contributed by atoms with Crippen molar-refractivity contribution in [2.75, 3.05) is 0 Å². The van der Waals surface area contributed by atoms with Crippen LogP contribution in [0.2, 0.25) is 0 Å². The molecule has 0 spiro atoms. The van der Waals surface area contributed by atoms with Crippen molar-refractivity contribution in [3.63, 3.8) is 0 Å². The van der Waals surface area contributed by atoms with Crippen molar-refractivity contribution in [3.05, 3.63) is 0 Å². The molecule has 2 N–H and O–H groups in total. The van der Waals surface area contributed by atoms with E-state index in [1.54, 1.807) is 0 Å². The summed E-state index contributed by atoms with van der Waals surface area (Å²) < 4.78 is 0. The molecule has 0 bridgehead atoms. The average molecular weight is 195 g/mol. The van der Waals surface area contributed by atoms with Crippen LogP contribution in [0.25, 0.3) is 0 Å². The summed E-state index contributed by atoms with van der Waals surface area (Å²) in [7, 11) is 0. The van der Waals surface area contributed by atoms with Gasteiger partial charge < -0.3 is 5.73 Å². The highest BCUT2D eigenvalue weighted by Crippen LogP contribution is 2.55. The summed E-state index contributed by atoms with van der Waals surface area (Å²) >= 11 is 0. The summed E-state index contributed by atoms with van der Waals surface area (Å²) in [5.41, 5.74) is 6.29. The minimum Gasteiger partial charge on any atom is -0.327 e. The molecule has 2 saturated carbocycles. The van der Waals surface area contributed by atoms with Crippen molar-refractivity contribution < 1.29 is 0 Å². The van der Waals surface area contributed by atoms with Gasteiger partial charge in [0.15, 0.2) is 0 Å². The third-order valence-corrected chi connectivity index (χ3v) is 4.34. The van der Waals surface area contributed by atoms with Gasteiger partial charge in [-0.05, 0) is 49.4 Å². The molecule has 2 aliphatic rings. The number of hydrogen-bond donors (Lipinski definition) is 1. The van der Waals surface area contributed by atoms with Gasteiger partial charge in [-0.25, -0.2) is 0 Å². The van der Waals surface area contributed by atoms with Crippen molar-refractivity contribution in [2.24, 2.45) is 29.4 Å². The van der Waals surface area contributed by atoms with Crippen LogP contribution in [0, 0.1) is 23.7 Å². The van der Waals surface area contributed by atoms with Gasteiger partial charge in [0, 0.05) is 6.04 Å². The highest BCUT2D eigenvalue weighted by atomic mass is 14.7. The van der Waals surface area contributed by atoms with Crippen LogP contribution in [0.4, 0.5) is 0 Å². The molecule has 0 radical (unpaired) electrons. The SMILES string of the molecule is CCCC(C)CC(N)C1CC2CC2C1. The van der Waals surface area contributed by atoms with Gasteiger partial charge in [0.1, 0.15) is 0 Å². The molecule has 0 saturated heterocycles. The Morgan fingerprint density at radius 2 is 1.86 bits per heavy atom. The lowest BCUT2D eigenvalue weighted by molar-refractivity contribution is 0.326. The van der Waals surface area contributed by atoms with Crippen molar-refractivity contribution >= 4 is 0 Å². The van der Waals surface area contributed by atoms with Crippen LogP contribution in [0.1, 0.15) is 52.4 Å². The predicted molar refractivity (Wildman–Crippen MR) is 61.0 cm³/mol. The molecular formula is C13H25N. The first kappa shape index (κ1) is 10.5. The Balaban J connectivity index is 1.69. The summed E-state index contributed by atoms with van der Waals surface area (Å²) in [5, 5.41) is 0. The molecular weight excluding hydrogens is 170 g/mol. The van der Waals surface area contributed by atoms with E-state index in [0.717, 1.165) is 23.7 Å². The molecule has 0 aromatic carbocycles. The molecule has 0 heterocycles. The summed E-state index contributed by atoms with van der Waals surface area (Å²) in [4.78, 5) is 0. The third-order valence-electron chi connectivity index (χ3n) is 4.34. The number of hydrogen-bond acceptors (Lipinski definition) is 1. The zero-order chi connectivity index (χ0) is 10.1. The second-order valence-electron chi connectivity index (χ2n) is 5.78. The lowest BCUT2D eigenvalue weighted by Gasteiger charge is -2.23. The van der Waals surface area contributed by atoms with Crippen LogP contribution < -0.4 is 5.73 Å². The molecule has 0 amide bonds. The normalized spacial score (nSPS) is 39.2. The van der Waals surface area contributed by atoms with Crippen LogP contribution in [0.15, 0.2) is 0 Å². The second kappa shape index (κ2) is 4.22. The summed E-state index contributed by atoms with van der Waals surface area (Å²) in [6.45, 7) is 4.63. The summed E-state index contributed by atoms with van der Waals surface area (Å²) in [5.74, 6) is 3.89. The van der Waals surface area contributed by atoms with E-state index in [1.165, 1.54) is 38.5 Å². The van der Waals surface area contributed by atoms with E-state index < -0.39 is 0 Å². The molecule has 2 fully saturated rings. The fourth-order valence-corrected chi connectivity index (χ4v) is 3.38. The molecule has 1 nitrogen and oxygen atoms in total. The molecule has 2 aliphatic carbocycles. The van der Waals surface area contributed by atoms with Crippen LogP contribution >= 0.6 is 0 Å². The van der Waals surface area contributed by atoms with E-state index in [1.807, 2.05) is 0 Å². The average Bonchev–Trinajstić information content (AvgIpc) is 2.74. The first-order valence-corrected chi connectivity index (χ1v) is 6.46. The van der Waals surface area contributed by atoms with Crippen molar-refractivity contribution in [2.45, 2.75) is 58.4 Å². The van der Waals surface area contributed by atoms with Crippen LogP contribution in [-0.2, 0) is 0 Å². The number of nitrogens with two attached hydrogens (primary N) is 1. The zero-order valence-corrected chi connectivity index (χ0v) is 9.71. The van der Waals surface area contributed by atoms with E-state index in [9.17, 15) is 0 Å². The molecule has 4 atom stereocenters. The van der Waals surface area contributed by atoms with Gasteiger partial charge in [-0.2, -0.15) is 0 Å². The molecule has 0 aromatic heterocycles. The number of rotatable bonds is 5. The lowest BCUT2D eigenvalue weighted by atomic mass is 9.87. The van der Waals surface area contributed by atoms with Gasteiger partial charge in [-0.1, -0.05) is 26.7 Å². The maximum absolute atomic E-state index is 6.29. The van der Waals surface area contributed by atoms with Gasteiger partial charge >= 0.3 is 0 Å². The van der Waals surface area contributed by atoms with Crippen molar-refractivity contribution in [1.29, 1.82) is 0 Å². The quantitative estimate of drug-likeness (QED) is 0.716.